The zero-order chi connectivity index (χ0) is 19.8. The average molecular weight is 369 g/mol. The number of aromatic nitrogens is 5. The molecule has 0 aliphatic carbocycles. The SMILES string of the molecule is Cc1cc(C)c2nc(-n3ncc(C#N)c3Nc3ccc(C)nn3)cc(C)c2c1. The van der Waals surface area contributed by atoms with Crippen LogP contribution in [-0.4, -0.2) is 25.0 Å². The quantitative estimate of drug-likeness (QED) is 0.585. The Bertz CT molecular complexity index is 1230. The van der Waals surface area contributed by atoms with E-state index >= 15 is 0 Å². The number of nitrogens with zero attached hydrogens (tertiary/aromatic N) is 6. The van der Waals surface area contributed by atoms with Crippen LogP contribution in [0.15, 0.2) is 36.5 Å². The number of rotatable bonds is 3. The van der Waals surface area contributed by atoms with Crippen molar-refractivity contribution in [2.75, 3.05) is 5.32 Å². The lowest BCUT2D eigenvalue weighted by Gasteiger charge is -2.13. The van der Waals surface area contributed by atoms with Crippen molar-refractivity contribution in [3.05, 3.63) is 64.5 Å². The summed E-state index contributed by atoms with van der Waals surface area (Å²) < 4.78 is 1.63. The summed E-state index contributed by atoms with van der Waals surface area (Å²) in [6.07, 6.45) is 1.52. The highest BCUT2D eigenvalue weighted by molar-refractivity contribution is 5.86. The number of hydrogen-bond donors (Lipinski definition) is 1. The highest BCUT2D eigenvalue weighted by Gasteiger charge is 2.16. The van der Waals surface area contributed by atoms with Crippen molar-refractivity contribution in [1.82, 2.24) is 25.0 Å². The molecule has 0 atom stereocenters. The summed E-state index contributed by atoms with van der Waals surface area (Å²) in [5, 5.41) is 26.3. The second-order valence-corrected chi connectivity index (χ2v) is 6.89. The van der Waals surface area contributed by atoms with E-state index in [9.17, 15) is 5.26 Å². The normalized spacial score (nSPS) is 10.8. The Hall–Kier alpha value is -3.79. The van der Waals surface area contributed by atoms with E-state index in [2.05, 4.69) is 59.6 Å². The highest BCUT2D eigenvalue weighted by Crippen LogP contribution is 2.27. The first-order valence-corrected chi connectivity index (χ1v) is 8.90. The maximum atomic E-state index is 9.50. The molecule has 7 heteroatoms. The maximum Gasteiger partial charge on any atom is 0.156 e. The Labute approximate surface area is 162 Å². The molecule has 7 nitrogen and oxygen atoms in total. The van der Waals surface area contributed by atoms with E-state index < -0.39 is 0 Å². The summed E-state index contributed by atoms with van der Waals surface area (Å²) in [5.74, 6) is 1.69. The van der Waals surface area contributed by atoms with Gasteiger partial charge >= 0.3 is 0 Å². The molecule has 0 spiro atoms. The molecule has 0 aliphatic rings. The van der Waals surface area contributed by atoms with Crippen LogP contribution in [0.1, 0.15) is 27.9 Å². The maximum absolute atomic E-state index is 9.50. The van der Waals surface area contributed by atoms with Gasteiger partial charge in [-0.15, -0.1) is 5.10 Å². The van der Waals surface area contributed by atoms with Crippen molar-refractivity contribution in [1.29, 1.82) is 5.26 Å². The predicted molar refractivity (Wildman–Crippen MR) is 108 cm³/mol. The van der Waals surface area contributed by atoms with Gasteiger partial charge in [0, 0.05) is 5.39 Å². The van der Waals surface area contributed by atoms with Crippen LogP contribution in [0.5, 0.6) is 0 Å². The molecule has 0 amide bonds. The van der Waals surface area contributed by atoms with E-state index in [-0.39, 0.29) is 0 Å². The van der Waals surface area contributed by atoms with Crippen LogP contribution in [0.3, 0.4) is 0 Å². The fourth-order valence-electron chi connectivity index (χ4n) is 3.25. The van der Waals surface area contributed by atoms with Gasteiger partial charge in [-0.1, -0.05) is 11.6 Å². The molecule has 0 saturated heterocycles. The first kappa shape index (κ1) is 17.6. The third-order valence-corrected chi connectivity index (χ3v) is 4.59. The van der Waals surface area contributed by atoms with Crippen LogP contribution < -0.4 is 5.32 Å². The number of nitrogens with one attached hydrogen (secondary N) is 1. The molecule has 3 aromatic heterocycles. The van der Waals surface area contributed by atoms with E-state index in [1.54, 1.807) is 4.68 Å². The largest absolute Gasteiger partial charge is 0.322 e. The molecule has 28 heavy (non-hydrogen) atoms. The fourth-order valence-corrected chi connectivity index (χ4v) is 3.25. The van der Waals surface area contributed by atoms with Gasteiger partial charge in [0.1, 0.15) is 11.6 Å². The molecule has 4 rings (SSSR count). The topological polar surface area (TPSA) is 92.3 Å². The average Bonchev–Trinajstić information content (AvgIpc) is 3.07. The minimum absolute atomic E-state index is 0.405. The van der Waals surface area contributed by atoms with Gasteiger partial charge < -0.3 is 5.32 Å². The molecule has 1 aromatic carbocycles. The lowest BCUT2D eigenvalue weighted by atomic mass is 10.0. The van der Waals surface area contributed by atoms with E-state index in [1.807, 2.05) is 25.1 Å². The predicted octanol–water partition coefficient (Wildman–Crippen LogP) is 4.06. The van der Waals surface area contributed by atoms with Crippen LogP contribution in [0, 0.1) is 39.0 Å². The summed E-state index contributed by atoms with van der Waals surface area (Å²) in [6.45, 7) is 8.06. The number of nitriles is 1. The summed E-state index contributed by atoms with van der Waals surface area (Å²) in [4.78, 5) is 4.83. The van der Waals surface area contributed by atoms with Crippen LogP contribution in [0.2, 0.25) is 0 Å². The Morgan fingerprint density at radius 1 is 1.00 bits per heavy atom. The minimum atomic E-state index is 0.405. The van der Waals surface area contributed by atoms with Crippen LogP contribution in [-0.2, 0) is 0 Å². The second-order valence-electron chi connectivity index (χ2n) is 6.89. The van der Waals surface area contributed by atoms with Crippen molar-refractivity contribution < 1.29 is 0 Å². The number of aryl methyl sites for hydroxylation is 4. The molecule has 0 fully saturated rings. The smallest absolute Gasteiger partial charge is 0.156 e. The molecule has 0 bridgehead atoms. The zero-order valence-electron chi connectivity index (χ0n) is 16.1. The summed E-state index contributed by atoms with van der Waals surface area (Å²) in [5.41, 5.74) is 5.55. The van der Waals surface area contributed by atoms with Gasteiger partial charge in [-0.3, -0.25) is 0 Å². The van der Waals surface area contributed by atoms with Crippen molar-refractivity contribution in [2.24, 2.45) is 0 Å². The van der Waals surface area contributed by atoms with Crippen LogP contribution in [0.25, 0.3) is 16.7 Å². The van der Waals surface area contributed by atoms with E-state index in [4.69, 9.17) is 4.98 Å². The summed E-state index contributed by atoms with van der Waals surface area (Å²) >= 11 is 0. The molecule has 4 aromatic rings. The van der Waals surface area contributed by atoms with Gasteiger partial charge in [-0.2, -0.15) is 20.1 Å². The third kappa shape index (κ3) is 3.05. The monoisotopic (exact) mass is 369 g/mol. The van der Waals surface area contributed by atoms with Gasteiger partial charge in [0.15, 0.2) is 17.5 Å². The Morgan fingerprint density at radius 3 is 2.54 bits per heavy atom. The Kier molecular flexibility index (Phi) is 4.24. The van der Waals surface area contributed by atoms with Gasteiger partial charge in [0.05, 0.1) is 17.4 Å². The lowest BCUT2D eigenvalue weighted by molar-refractivity contribution is 0.855. The number of hydrogen-bond acceptors (Lipinski definition) is 6. The molecule has 3 heterocycles. The Morgan fingerprint density at radius 2 is 1.82 bits per heavy atom. The van der Waals surface area contributed by atoms with Gasteiger partial charge in [-0.25, -0.2) is 4.98 Å². The number of benzene rings is 1. The number of anilines is 2. The molecule has 0 saturated carbocycles. The first-order valence-electron chi connectivity index (χ1n) is 8.90. The highest BCUT2D eigenvalue weighted by atomic mass is 15.4. The minimum Gasteiger partial charge on any atom is -0.322 e. The van der Waals surface area contributed by atoms with Gasteiger partial charge in [0.25, 0.3) is 0 Å². The van der Waals surface area contributed by atoms with Gasteiger partial charge in [-0.05, 0) is 63.1 Å². The molecular formula is C21H19N7. The molecule has 0 aliphatic heterocycles. The molecule has 0 unspecified atom stereocenters. The van der Waals surface area contributed by atoms with Gasteiger partial charge in [0.2, 0.25) is 0 Å². The first-order chi connectivity index (χ1) is 13.5. The van der Waals surface area contributed by atoms with Crippen LogP contribution >= 0.6 is 0 Å². The number of fused-ring (bicyclic) bond motifs is 1. The van der Waals surface area contributed by atoms with Crippen molar-refractivity contribution in [3.63, 3.8) is 0 Å². The van der Waals surface area contributed by atoms with E-state index in [1.165, 1.54) is 11.8 Å². The van der Waals surface area contributed by atoms with Crippen LogP contribution in [0.4, 0.5) is 11.6 Å². The standard InChI is InChI=1S/C21H19N7/c1-12-7-14(3)20-17(8-12)13(2)9-19(25-20)28-21(16(10-22)11-23-28)24-18-6-5-15(4)26-27-18/h5-9,11H,1-4H3,(H,24,27). The third-order valence-electron chi connectivity index (χ3n) is 4.59. The molecule has 138 valence electrons. The van der Waals surface area contributed by atoms with Crippen molar-refractivity contribution in [3.8, 4) is 11.9 Å². The fraction of sp³-hybridized carbons (Fsp3) is 0.190. The number of pyridine rings is 1. The van der Waals surface area contributed by atoms with E-state index in [0.717, 1.165) is 27.7 Å². The summed E-state index contributed by atoms with van der Waals surface area (Å²) in [6, 6.07) is 12.1. The lowest BCUT2D eigenvalue weighted by Crippen LogP contribution is -2.07. The van der Waals surface area contributed by atoms with Crippen molar-refractivity contribution in [2.45, 2.75) is 27.7 Å². The molecule has 0 radical (unpaired) electrons. The molecule has 1 N–H and O–H groups in total. The summed E-state index contributed by atoms with van der Waals surface area (Å²) in [7, 11) is 0. The second kappa shape index (κ2) is 6.74. The Balaban J connectivity index is 1.87. The molecular weight excluding hydrogens is 350 g/mol. The van der Waals surface area contributed by atoms with Crippen molar-refractivity contribution >= 4 is 22.5 Å². The zero-order valence-corrected chi connectivity index (χ0v) is 16.1. The van der Waals surface area contributed by atoms with E-state index in [0.29, 0.717) is 23.0 Å².